The maximum absolute atomic E-state index is 12.4. The molecule has 0 radical (unpaired) electrons. The topological polar surface area (TPSA) is 32.6 Å². The Kier molecular flexibility index (Phi) is 3.50. The Labute approximate surface area is 97.8 Å². The molecule has 17 heavy (non-hydrogen) atoms. The summed E-state index contributed by atoms with van der Waals surface area (Å²) in [6, 6.07) is 4.57. The first kappa shape index (κ1) is 13.5. The average molecular weight is 245 g/mol. The zero-order valence-electron chi connectivity index (χ0n) is 9.84. The van der Waals surface area contributed by atoms with Crippen LogP contribution in [0.3, 0.4) is 0 Å². The molecule has 0 aliphatic carbocycles. The summed E-state index contributed by atoms with van der Waals surface area (Å²) in [7, 11) is 0. The fraction of sp³-hybridized carbons (Fsp3) is 0.417. The first-order valence-electron chi connectivity index (χ1n) is 5.06. The van der Waals surface area contributed by atoms with Crippen molar-refractivity contribution < 1.29 is 18.4 Å². The van der Waals surface area contributed by atoms with Gasteiger partial charge < -0.3 is 5.21 Å². The summed E-state index contributed by atoms with van der Waals surface area (Å²) in [4.78, 5) is 0. The van der Waals surface area contributed by atoms with Gasteiger partial charge in [-0.3, -0.25) is 0 Å². The molecular weight excluding hydrogens is 231 g/mol. The standard InChI is InChI=1S/C12H14F3NO/c1-11(2,3)10(16-17)8-4-6-9(7-5-8)12(13,14)15/h4-7,17H,1-3H3. The van der Waals surface area contributed by atoms with E-state index in [1.54, 1.807) is 0 Å². The minimum Gasteiger partial charge on any atom is -0.411 e. The molecular formula is C12H14F3NO. The molecule has 94 valence electrons. The first-order chi connectivity index (χ1) is 7.66. The second-order valence-electron chi connectivity index (χ2n) is 4.77. The molecule has 5 heteroatoms. The molecule has 1 aromatic carbocycles. The van der Waals surface area contributed by atoms with Crippen molar-refractivity contribution in [3.63, 3.8) is 0 Å². The molecule has 1 N–H and O–H groups in total. The van der Waals surface area contributed by atoms with Gasteiger partial charge in [0.1, 0.15) is 0 Å². The van der Waals surface area contributed by atoms with E-state index in [1.807, 2.05) is 20.8 Å². The molecule has 1 rings (SSSR count). The predicted octanol–water partition coefficient (Wildman–Crippen LogP) is 3.93. The van der Waals surface area contributed by atoms with E-state index in [1.165, 1.54) is 12.1 Å². The van der Waals surface area contributed by atoms with Crippen LogP contribution in [0.4, 0.5) is 13.2 Å². The predicted molar refractivity (Wildman–Crippen MR) is 59.2 cm³/mol. The third-order valence-electron chi connectivity index (χ3n) is 2.30. The number of halogens is 3. The van der Waals surface area contributed by atoms with Gasteiger partial charge in [0.25, 0.3) is 0 Å². The molecule has 0 spiro atoms. The lowest BCUT2D eigenvalue weighted by atomic mass is 9.85. The van der Waals surface area contributed by atoms with Gasteiger partial charge in [-0.25, -0.2) is 0 Å². The molecule has 0 saturated heterocycles. The molecule has 0 saturated carbocycles. The highest BCUT2D eigenvalue weighted by Gasteiger charge is 2.30. The van der Waals surface area contributed by atoms with Crippen LogP contribution in [0.2, 0.25) is 0 Å². The van der Waals surface area contributed by atoms with Crippen LogP contribution >= 0.6 is 0 Å². The average Bonchev–Trinajstić information content (AvgIpc) is 2.16. The summed E-state index contributed by atoms with van der Waals surface area (Å²) in [6.07, 6.45) is -4.35. The summed E-state index contributed by atoms with van der Waals surface area (Å²) in [5, 5.41) is 12.1. The first-order valence-corrected chi connectivity index (χ1v) is 5.06. The van der Waals surface area contributed by atoms with E-state index >= 15 is 0 Å². The van der Waals surface area contributed by atoms with Gasteiger partial charge in [0.05, 0.1) is 11.3 Å². The Morgan fingerprint density at radius 1 is 1.06 bits per heavy atom. The van der Waals surface area contributed by atoms with Crippen molar-refractivity contribution in [3.05, 3.63) is 35.4 Å². The number of alkyl halides is 3. The zero-order chi connectivity index (χ0) is 13.3. The van der Waals surface area contributed by atoms with Crippen LogP contribution in [-0.4, -0.2) is 10.9 Å². The SMILES string of the molecule is CC(C)(C)C(=NO)c1ccc(C(F)(F)F)cc1. The molecule has 0 unspecified atom stereocenters. The highest BCUT2D eigenvalue weighted by molar-refractivity contribution is 6.03. The molecule has 0 aliphatic rings. The molecule has 2 nitrogen and oxygen atoms in total. The van der Waals surface area contributed by atoms with Crippen LogP contribution in [0.25, 0.3) is 0 Å². The highest BCUT2D eigenvalue weighted by atomic mass is 19.4. The minimum absolute atomic E-state index is 0.353. The molecule has 1 aromatic rings. The number of nitrogens with zero attached hydrogens (tertiary/aromatic N) is 1. The summed E-state index contributed by atoms with van der Waals surface area (Å²) >= 11 is 0. The van der Waals surface area contributed by atoms with Crippen molar-refractivity contribution in [2.45, 2.75) is 26.9 Å². The van der Waals surface area contributed by atoms with Gasteiger partial charge in [-0.05, 0) is 17.7 Å². The van der Waals surface area contributed by atoms with Crippen LogP contribution in [-0.2, 0) is 6.18 Å². The maximum atomic E-state index is 12.4. The van der Waals surface area contributed by atoms with Gasteiger partial charge in [-0.1, -0.05) is 38.1 Å². The van der Waals surface area contributed by atoms with Crippen LogP contribution in [0.5, 0.6) is 0 Å². The van der Waals surface area contributed by atoms with E-state index in [9.17, 15) is 13.2 Å². The smallest absolute Gasteiger partial charge is 0.411 e. The van der Waals surface area contributed by atoms with Crippen LogP contribution in [0.1, 0.15) is 31.9 Å². The van der Waals surface area contributed by atoms with Gasteiger partial charge in [0, 0.05) is 5.41 Å². The van der Waals surface area contributed by atoms with Crippen molar-refractivity contribution >= 4 is 5.71 Å². The third-order valence-corrected chi connectivity index (χ3v) is 2.30. The number of benzene rings is 1. The van der Waals surface area contributed by atoms with Gasteiger partial charge in [-0.2, -0.15) is 13.2 Å². The number of oxime groups is 1. The quantitative estimate of drug-likeness (QED) is 0.454. The normalized spacial score (nSPS) is 13.9. The Morgan fingerprint density at radius 2 is 1.53 bits per heavy atom. The molecule has 0 aliphatic heterocycles. The summed E-state index contributed by atoms with van der Waals surface area (Å²) in [5.41, 5.74) is -0.319. The van der Waals surface area contributed by atoms with Crippen molar-refractivity contribution in [2.75, 3.05) is 0 Å². The fourth-order valence-corrected chi connectivity index (χ4v) is 1.46. The van der Waals surface area contributed by atoms with Crippen molar-refractivity contribution in [2.24, 2.45) is 10.6 Å². The Balaban J connectivity index is 3.11. The van der Waals surface area contributed by atoms with Gasteiger partial charge in [0.15, 0.2) is 0 Å². The Morgan fingerprint density at radius 3 is 1.82 bits per heavy atom. The van der Waals surface area contributed by atoms with E-state index in [-0.39, 0.29) is 0 Å². The summed E-state index contributed by atoms with van der Waals surface area (Å²) in [5.74, 6) is 0. The lowest BCUT2D eigenvalue weighted by Gasteiger charge is -2.20. The molecule has 0 heterocycles. The van der Waals surface area contributed by atoms with E-state index in [0.717, 1.165) is 12.1 Å². The molecule has 0 bridgehead atoms. The second kappa shape index (κ2) is 4.39. The van der Waals surface area contributed by atoms with E-state index < -0.39 is 17.2 Å². The van der Waals surface area contributed by atoms with Crippen LogP contribution in [0, 0.1) is 5.41 Å². The number of rotatable bonds is 1. The fourth-order valence-electron chi connectivity index (χ4n) is 1.46. The van der Waals surface area contributed by atoms with Gasteiger partial charge in [-0.15, -0.1) is 0 Å². The lowest BCUT2D eigenvalue weighted by molar-refractivity contribution is -0.137. The highest BCUT2D eigenvalue weighted by Crippen LogP contribution is 2.30. The largest absolute Gasteiger partial charge is 0.416 e. The molecule has 0 aromatic heterocycles. The molecule has 0 fully saturated rings. The monoisotopic (exact) mass is 245 g/mol. The van der Waals surface area contributed by atoms with E-state index in [0.29, 0.717) is 11.3 Å². The molecule has 0 atom stereocenters. The molecule has 0 amide bonds. The Hall–Kier alpha value is -1.52. The van der Waals surface area contributed by atoms with Crippen LogP contribution in [0.15, 0.2) is 29.4 Å². The number of hydrogen-bond donors (Lipinski definition) is 1. The maximum Gasteiger partial charge on any atom is 0.416 e. The van der Waals surface area contributed by atoms with Crippen LogP contribution < -0.4 is 0 Å². The number of hydrogen-bond acceptors (Lipinski definition) is 2. The van der Waals surface area contributed by atoms with Gasteiger partial charge in [0.2, 0.25) is 0 Å². The van der Waals surface area contributed by atoms with E-state index in [4.69, 9.17) is 5.21 Å². The van der Waals surface area contributed by atoms with Crippen molar-refractivity contribution in [1.82, 2.24) is 0 Å². The summed E-state index contributed by atoms with van der Waals surface area (Å²) in [6.45, 7) is 5.46. The minimum atomic E-state index is -4.35. The van der Waals surface area contributed by atoms with Crippen molar-refractivity contribution in [3.8, 4) is 0 Å². The lowest BCUT2D eigenvalue weighted by Crippen LogP contribution is -2.21. The van der Waals surface area contributed by atoms with Gasteiger partial charge >= 0.3 is 6.18 Å². The zero-order valence-corrected chi connectivity index (χ0v) is 9.84. The second-order valence-corrected chi connectivity index (χ2v) is 4.77. The third kappa shape index (κ3) is 3.22. The summed E-state index contributed by atoms with van der Waals surface area (Å²) < 4.78 is 37.1. The van der Waals surface area contributed by atoms with Crippen molar-refractivity contribution in [1.29, 1.82) is 0 Å². The van der Waals surface area contributed by atoms with E-state index in [2.05, 4.69) is 5.16 Å². The Bertz CT molecular complexity index is 413.